The highest BCUT2D eigenvalue weighted by Crippen LogP contribution is 2.29. The fraction of sp³-hybridized carbons (Fsp3) is 1.00. The summed E-state index contributed by atoms with van der Waals surface area (Å²) in [5.41, 5.74) is 0. The Morgan fingerprint density at radius 1 is 1.64 bits per heavy atom. The summed E-state index contributed by atoms with van der Waals surface area (Å²) in [6.07, 6.45) is 0.774. The predicted molar refractivity (Wildman–Crippen MR) is 41.6 cm³/mol. The van der Waals surface area contributed by atoms with E-state index in [9.17, 15) is 8.42 Å². The lowest BCUT2D eigenvalue weighted by Gasteiger charge is -2.01. The van der Waals surface area contributed by atoms with Gasteiger partial charge in [0.2, 0.25) is 10.0 Å². The van der Waals surface area contributed by atoms with Crippen LogP contribution in [0.5, 0.6) is 0 Å². The van der Waals surface area contributed by atoms with E-state index in [1.807, 2.05) is 0 Å². The maximum Gasteiger partial charge on any atom is 0.211 e. The smallest absolute Gasteiger partial charge is 0.211 e. The largest absolute Gasteiger partial charge is 0.396 e. The first kappa shape index (κ1) is 8.96. The zero-order valence-electron chi connectivity index (χ0n) is 6.45. The molecule has 0 heterocycles. The highest BCUT2D eigenvalue weighted by molar-refractivity contribution is 7.89. The summed E-state index contributed by atoms with van der Waals surface area (Å²) < 4.78 is 24.3. The Bertz CT molecular complexity index is 224. The second-order valence-electron chi connectivity index (χ2n) is 2.81. The van der Waals surface area contributed by atoms with Crippen molar-refractivity contribution in [1.29, 1.82) is 0 Å². The Kier molecular flexibility index (Phi) is 2.51. The van der Waals surface area contributed by atoms with Gasteiger partial charge in [-0.15, -0.1) is 0 Å². The first-order valence-corrected chi connectivity index (χ1v) is 5.35. The highest BCUT2D eigenvalue weighted by Gasteiger charge is 2.38. The van der Waals surface area contributed by atoms with Crippen LogP contribution in [0.1, 0.15) is 13.3 Å². The maximum absolute atomic E-state index is 10.9. The van der Waals surface area contributed by atoms with E-state index in [0.29, 0.717) is 0 Å². The van der Waals surface area contributed by atoms with Crippen LogP contribution in [0.25, 0.3) is 0 Å². The average molecular weight is 179 g/mol. The zero-order chi connectivity index (χ0) is 8.48. The Morgan fingerprint density at radius 2 is 2.27 bits per heavy atom. The second kappa shape index (κ2) is 3.08. The molecule has 66 valence electrons. The van der Waals surface area contributed by atoms with Crippen molar-refractivity contribution in [2.24, 2.45) is 5.92 Å². The number of nitrogens with one attached hydrogen (secondary N) is 1. The normalized spacial score (nSPS) is 30.4. The summed E-state index contributed by atoms with van der Waals surface area (Å²) >= 11 is 0. The minimum absolute atomic E-state index is 0.00931. The molecule has 0 aromatic heterocycles. The quantitative estimate of drug-likeness (QED) is 0.600. The predicted octanol–water partition coefficient (Wildman–Crippen LogP) is -0.694. The minimum Gasteiger partial charge on any atom is -0.396 e. The van der Waals surface area contributed by atoms with Gasteiger partial charge in [-0.1, -0.05) is 0 Å². The van der Waals surface area contributed by atoms with Gasteiger partial charge in [0.1, 0.15) is 0 Å². The lowest BCUT2D eigenvalue weighted by atomic mass is 10.4. The molecule has 0 amide bonds. The number of aliphatic hydroxyl groups is 1. The third-order valence-corrected chi connectivity index (χ3v) is 3.29. The van der Waals surface area contributed by atoms with Gasteiger partial charge in [0, 0.05) is 12.6 Å². The molecule has 11 heavy (non-hydrogen) atoms. The van der Waals surface area contributed by atoms with Crippen molar-refractivity contribution in [2.75, 3.05) is 12.4 Å². The van der Waals surface area contributed by atoms with Crippen LogP contribution < -0.4 is 4.72 Å². The van der Waals surface area contributed by atoms with E-state index in [-0.39, 0.29) is 24.3 Å². The van der Waals surface area contributed by atoms with Crippen LogP contribution in [0.2, 0.25) is 0 Å². The molecule has 4 nitrogen and oxygen atoms in total. The van der Waals surface area contributed by atoms with Gasteiger partial charge in [0.15, 0.2) is 0 Å². The molecular formula is C6H13NO3S. The van der Waals surface area contributed by atoms with Crippen LogP contribution in [-0.2, 0) is 10.0 Å². The Balaban J connectivity index is 2.34. The van der Waals surface area contributed by atoms with Gasteiger partial charge in [-0.05, 0) is 19.3 Å². The molecule has 0 radical (unpaired) electrons. The molecule has 2 N–H and O–H groups in total. The van der Waals surface area contributed by atoms with Gasteiger partial charge < -0.3 is 5.11 Å². The number of rotatable bonds is 4. The minimum atomic E-state index is -3.06. The van der Waals surface area contributed by atoms with Gasteiger partial charge in [-0.25, -0.2) is 13.1 Å². The van der Waals surface area contributed by atoms with E-state index in [1.54, 1.807) is 6.92 Å². The number of hydrogen-bond donors (Lipinski definition) is 2. The van der Waals surface area contributed by atoms with Crippen LogP contribution in [0.15, 0.2) is 0 Å². The number of aliphatic hydroxyl groups excluding tert-OH is 1. The molecule has 0 saturated heterocycles. The molecule has 2 atom stereocenters. The van der Waals surface area contributed by atoms with E-state index < -0.39 is 10.0 Å². The van der Waals surface area contributed by atoms with Gasteiger partial charge in [-0.2, -0.15) is 0 Å². The van der Waals surface area contributed by atoms with E-state index in [1.165, 1.54) is 0 Å². The van der Waals surface area contributed by atoms with Gasteiger partial charge >= 0.3 is 0 Å². The van der Waals surface area contributed by atoms with Gasteiger partial charge in [0.05, 0.1) is 5.75 Å². The van der Waals surface area contributed by atoms with Crippen LogP contribution in [0.4, 0.5) is 0 Å². The SMILES string of the molecule is CCS(=O)(=O)N[C@@H]1C[C@H]1CO. The van der Waals surface area contributed by atoms with E-state index in [4.69, 9.17) is 5.11 Å². The molecule has 1 saturated carbocycles. The van der Waals surface area contributed by atoms with E-state index in [0.717, 1.165) is 6.42 Å². The van der Waals surface area contributed by atoms with Gasteiger partial charge in [-0.3, -0.25) is 0 Å². The number of hydrogen-bond acceptors (Lipinski definition) is 3. The first-order chi connectivity index (χ1) is 5.09. The standard InChI is InChI=1S/C6H13NO3S/c1-2-11(9,10)7-6-3-5(6)4-8/h5-8H,2-4H2,1H3/t5-,6+/m0/s1. The van der Waals surface area contributed by atoms with Crippen molar-refractivity contribution >= 4 is 10.0 Å². The summed E-state index contributed by atoms with van der Waals surface area (Å²) in [4.78, 5) is 0. The molecule has 1 fully saturated rings. The van der Waals surface area contributed by atoms with E-state index in [2.05, 4.69) is 4.72 Å². The molecule has 0 aromatic rings. The van der Waals surface area contributed by atoms with Crippen molar-refractivity contribution < 1.29 is 13.5 Å². The molecule has 0 aliphatic heterocycles. The highest BCUT2D eigenvalue weighted by atomic mass is 32.2. The summed E-state index contributed by atoms with van der Waals surface area (Å²) in [5, 5.41) is 8.61. The monoisotopic (exact) mass is 179 g/mol. The molecule has 0 unspecified atom stereocenters. The zero-order valence-corrected chi connectivity index (χ0v) is 7.26. The van der Waals surface area contributed by atoms with Gasteiger partial charge in [0.25, 0.3) is 0 Å². The Hall–Kier alpha value is -0.130. The topological polar surface area (TPSA) is 66.4 Å². The summed E-state index contributed by atoms with van der Waals surface area (Å²) in [5.74, 6) is 0.262. The maximum atomic E-state index is 10.9. The van der Waals surface area contributed by atoms with Crippen LogP contribution in [-0.4, -0.2) is 31.9 Å². The lowest BCUT2D eigenvalue weighted by molar-refractivity contribution is 0.273. The summed E-state index contributed by atoms with van der Waals surface area (Å²) in [7, 11) is -3.06. The molecule has 1 rings (SSSR count). The molecular weight excluding hydrogens is 166 g/mol. The van der Waals surface area contributed by atoms with Crippen molar-refractivity contribution in [3.05, 3.63) is 0 Å². The Labute approximate surface area is 66.7 Å². The summed E-state index contributed by atoms with van der Waals surface area (Å²) in [6, 6.07) is -0.00931. The third-order valence-electron chi connectivity index (χ3n) is 1.87. The lowest BCUT2D eigenvalue weighted by Crippen LogP contribution is -2.28. The fourth-order valence-electron chi connectivity index (χ4n) is 0.908. The van der Waals surface area contributed by atoms with Crippen molar-refractivity contribution in [1.82, 2.24) is 4.72 Å². The molecule has 0 spiro atoms. The average Bonchev–Trinajstić information content (AvgIpc) is 2.67. The first-order valence-electron chi connectivity index (χ1n) is 3.70. The molecule has 1 aliphatic carbocycles. The van der Waals surface area contributed by atoms with Crippen molar-refractivity contribution in [2.45, 2.75) is 19.4 Å². The van der Waals surface area contributed by atoms with Crippen LogP contribution >= 0.6 is 0 Å². The van der Waals surface area contributed by atoms with Crippen LogP contribution in [0, 0.1) is 5.92 Å². The van der Waals surface area contributed by atoms with E-state index >= 15 is 0 Å². The molecule has 0 aromatic carbocycles. The number of sulfonamides is 1. The fourth-order valence-corrected chi connectivity index (χ4v) is 1.82. The van der Waals surface area contributed by atoms with Crippen LogP contribution in [0.3, 0.4) is 0 Å². The molecule has 5 heteroatoms. The van der Waals surface area contributed by atoms with Crippen molar-refractivity contribution in [3.63, 3.8) is 0 Å². The second-order valence-corrected chi connectivity index (χ2v) is 4.85. The summed E-state index contributed by atoms with van der Waals surface area (Å²) in [6.45, 7) is 1.68. The Morgan fingerprint density at radius 3 is 2.64 bits per heavy atom. The third kappa shape index (κ3) is 2.43. The molecule has 1 aliphatic rings. The van der Waals surface area contributed by atoms with Crippen molar-refractivity contribution in [3.8, 4) is 0 Å². The molecule has 0 bridgehead atoms.